The molecule has 0 bridgehead atoms. The van der Waals surface area contributed by atoms with Gasteiger partial charge in [-0.15, -0.1) is 35.3 Å². The number of ether oxygens (including phenoxy) is 1. The number of thiazole rings is 1. The van der Waals surface area contributed by atoms with Crippen molar-refractivity contribution in [2.24, 2.45) is 4.99 Å². The highest BCUT2D eigenvalue weighted by atomic mass is 127. The first-order valence-corrected chi connectivity index (χ1v) is 8.80. The topological polar surface area (TPSA) is 49.8 Å². The summed E-state index contributed by atoms with van der Waals surface area (Å²) in [5.74, 6) is 0.960. The minimum Gasteiger partial charge on any atom is -0.372 e. The van der Waals surface area contributed by atoms with Gasteiger partial charge in [-0.05, 0) is 40.5 Å². The summed E-state index contributed by atoms with van der Waals surface area (Å²) in [4.78, 5) is 11.2. The summed E-state index contributed by atoms with van der Waals surface area (Å²) in [5, 5.41) is 6.59. The second kappa shape index (κ2) is 9.17. The number of hydrogen-bond acceptors (Lipinski definition) is 4. The molecule has 23 heavy (non-hydrogen) atoms. The molecule has 0 aliphatic carbocycles. The predicted octanol–water partition coefficient (Wildman–Crippen LogP) is 3.42. The van der Waals surface area contributed by atoms with E-state index >= 15 is 0 Å². The molecular formula is C16H29IN4OS. The first-order valence-electron chi connectivity index (χ1n) is 7.92. The number of hydrogen-bond donors (Lipinski definition) is 1. The van der Waals surface area contributed by atoms with Crippen molar-refractivity contribution in [3.05, 3.63) is 16.1 Å². The molecule has 0 saturated carbocycles. The van der Waals surface area contributed by atoms with Crippen LogP contribution in [0, 0.1) is 6.92 Å². The van der Waals surface area contributed by atoms with Crippen LogP contribution in [0.1, 0.15) is 44.3 Å². The number of halogens is 1. The van der Waals surface area contributed by atoms with Crippen LogP contribution in [-0.4, -0.2) is 47.7 Å². The highest BCUT2D eigenvalue weighted by Crippen LogP contribution is 2.20. The normalized spacial score (nSPS) is 17.1. The second-order valence-electron chi connectivity index (χ2n) is 6.70. The lowest BCUT2D eigenvalue weighted by atomic mass is 10.1. The highest BCUT2D eigenvalue weighted by molar-refractivity contribution is 14.0. The predicted molar refractivity (Wildman–Crippen MR) is 108 cm³/mol. The van der Waals surface area contributed by atoms with Gasteiger partial charge >= 0.3 is 0 Å². The molecule has 7 heteroatoms. The third-order valence-corrected chi connectivity index (χ3v) is 4.50. The Morgan fingerprint density at radius 2 is 2.09 bits per heavy atom. The minimum atomic E-state index is -0.0601. The van der Waals surface area contributed by atoms with Crippen LogP contribution < -0.4 is 5.32 Å². The molecule has 1 aliphatic rings. The van der Waals surface area contributed by atoms with Crippen molar-refractivity contribution in [3.8, 4) is 0 Å². The molecule has 0 spiro atoms. The molecular weight excluding hydrogens is 423 g/mol. The van der Waals surface area contributed by atoms with Crippen molar-refractivity contribution in [2.45, 2.75) is 58.8 Å². The molecule has 0 atom stereocenters. The largest absolute Gasteiger partial charge is 0.372 e. The molecule has 0 amide bonds. The van der Waals surface area contributed by atoms with Gasteiger partial charge in [0.05, 0.1) is 18.2 Å². The Kier molecular flexibility index (Phi) is 8.23. The number of rotatable bonds is 3. The summed E-state index contributed by atoms with van der Waals surface area (Å²) < 4.78 is 6.08. The first kappa shape index (κ1) is 20.6. The minimum absolute atomic E-state index is 0. The Hall–Kier alpha value is -0.410. The van der Waals surface area contributed by atoms with Gasteiger partial charge in [-0.3, -0.25) is 4.99 Å². The van der Waals surface area contributed by atoms with Crippen LogP contribution in [-0.2, 0) is 11.3 Å². The summed E-state index contributed by atoms with van der Waals surface area (Å²) in [6.45, 7) is 11.1. The number of aryl methyl sites for hydroxylation is 1. The van der Waals surface area contributed by atoms with E-state index in [1.165, 1.54) is 0 Å². The Bertz CT molecular complexity index is 504. The molecule has 1 aliphatic heterocycles. The molecule has 0 radical (unpaired) electrons. The zero-order valence-corrected chi connectivity index (χ0v) is 17.9. The Morgan fingerprint density at radius 3 is 2.57 bits per heavy atom. The van der Waals surface area contributed by atoms with Gasteiger partial charge in [0.2, 0.25) is 0 Å². The fourth-order valence-electron chi connectivity index (χ4n) is 2.66. The average Bonchev–Trinajstić information content (AvgIpc) is 2.85. The van der Waals surface area contributed by atoms with E-state index in [2.05, 4.69) is 46.3 Å². The average molecular weight is 452 g/mol. The van der Waals surface area contributed by atoms with E-state index in [9.17, 15) is 0 Å². The van der Waals surface area contributed by atoms with Crippen LogP contribution in [0.25, 0.3) is 0 Å². The molecule has 1 N–H and O–H groups in total. The number of aliphatic imine (C=N–C) groups is 1. The number of aromatic nitrogens is 1. The van der Waals surface area contributed by atoms with E-state index in [0.29, 0.717) is 6.10 Å². The Labute approximate surface area is 160 Å². The molecule has 0 aromatic carbocycles. The van der Waals surface area contributed by atoms with Crippen molar-refractivity contribution in [3.63, 3.8) is 0 Å². The van der Waals surface area contributed by atoms with Crippen molar-refractivity contribution in [2.75, 3.05) is 20.1 Å². The van der Waals surface area contributed by atoms with Gasteiger partial charge in [0.25, 0.3) is 0 Å². The molecule has 0 unspecified atom stereocenters. The molecule has 2 rings (SSSR count). The quantitative estimate of drug-likeness (QED) is 0.434. The molecule has 1 saturated heterocycles. The fourth-order valence-corrected chi connectivity index (χ4v) is 3.37. The molecule has 1 fully saturated rings. The van der Waals surface area contributed by atoms with E-state index in [1.54, 1.807) is 11.3 Å². The summed E-state index contributed by atoms with van der Waals surface area (Å²) in [6.07, 6.45) is 2.46. The van der Waals surface area contributed by atoms with Gasteiger partial charge in [0, 0.05) is 31.2 Å². The lowest BCUT2D eigenvalue weighted by molar-refractivity contribution is -0.0772. The summed E-state index contributed by atoms with van der Waals surface area (Å²) >= 11 is 1.69. The molecule has 1 aromatic rings. The Morgan fingerprint density at radius 1 is 1.43 bits per heavy atom. The standard InChI is InChI=1S/C16H28N4OS.HI/c1-12-11-22-14(19-12)10-18-15(17-5)20-8-6-13(7-9-20)21-16(2,3)4;/h11,13H,6-10H2,1-5H3,(H,17,18);1H. The van der Waals surface area contributed by atoms with E-state index in [-0.39, 0.29) is 29.6 Å². The maximum Gasteiger partial charge on any atom is 0.193 e. The van der Waals surface area contributed by atoms with Crippen LogP contribution in [0.4, 0.5) is 0 Å². The lowest BCUT2D eigenvalue weighted by Gasteiger charge is -2.36. The SMILES string of the molecule is CN=C(NCc1nc(C)cs1)N1CCC(OC(C)(C)C)CC1.I. The Balaban J connectivity index is 0.00000264. The number of guanidine groups is 1. The highest BCUT2D eigenvalue weighted by Gasteiger charge is 2.25. The zero-order chi connectivity index (χ0) is 16.2. The van der Waals surface area contributed by atoms with Gasteiger partial charge in [0.15, 0.2) is 5.96 Å². The van der Waals surface area contributed by atoms with E-state index in [0.717, 1.165) is 49.1 Å². The third kappa shape index (κ3) is 6.93. The van der Waals surface area contributed by atoms with E-state index in [1.807, 2.05) is 14.0 Å². The van der Waals surface area contributed by atoms with Crippen molar-refractivity contribution in [1.82, 2.24) is 15.2 Å². The van der Waals surface area contributed by atoms with Crippen molar-refractivity contribution < 1.29 is 4.74 Å². The van der Waals surface area contributed by atoms with Gasteiger partial charge in [0.1, 0.15) is 5.01 Å². The van der Waals surface area contributed by atoms with E-state index < -0.39 is 0 Å². The maximum absolute atomic E-state index is 6.08. The smallest absolute Gasteiger partial charge is 0.193 e. The van der Waals surface area contributed by atoms with Crippen LogP contribution in [0.5, 0.6) is 0 Å². The number of nitrogens with one attached hydrogen (secondary N) is 1. The van der Waals surface area contributed by atoms with Crippen LogP contribution >= 0.6 is 35.3 Å². The van der Waals surface area contributed by atoms with Crippen LogP contribution in [0.15, 0.2) is 10.4 Å². The van der Waals surface area contributed by atoms with Gasteiger partial charge in [-0.1, -0.05) is 0 Å². The van der Waals surface area contributed by atoms with Gasteiger partial charge < -0.3 is 15.0 Å². The van der Waals surface area contributed by atoms with Crippen molar-refractivity contribution in [1.29, 1.82) is 0 Å². The summed E-state index contributed by atoms with van der Waals surface area (Å²) in [6, 6.07) is 0. The molecule has 1 aromatic heterocycles. The monoisotopic (exact) mass is 452 g/mol. The molecule has 2 heterocycles. The number of piperidine rings is 1. The van der Waals surface area contributed by atoms with Crippen LogP contribution in [0.2, 0.25) is 0 Å². The maximum atomic E-state index is 6.08. The number of nitrogens with zero attached hydrogens (tertiary/aromatic N) is 3. The van der Waals surface area contributed by atoms with Crippen molar-refractivity contribution >= 4 is 41.3 Å². The number of likely N-dealkylation sites (tertiary alicyclic amines) is 1. The van der Waals surface area contributed by atoms with Gasteiger partial charge in [-0.25, -0.2) is 4.98 Å². The third-order valence-electron chi connectivity index (χ3n) is 3.54. The van der Waals surface area contributed by atoms with Gasteiger partial charge in [-0.2, -0.15) is 0 Å². The lowest BCUT2D eigenvalue weighted by Crippen LogP contribution is -2.47. The summed E-state index contributed by atoms with van der Waals surface area (Å²) in [7, 11) is 1.84. The second-order valence-corrected chi connectivity index (χ2v) is 7.64. The molecule has 132 valence electrons. The molecule has 5 nitrogen and oxygen atoms in total. The van der Waals surface area contributed by atoms with E-state index in [4.69, 9.17) is 4.74 Å². The zero-order valence-electron chi connectivity index (χ0n) is 14.8. The van der Waals surface area contributed by atoms with Crippen LogP contribution in [0.3, 0.4) is 0 Å². The first-order chi connectivity index (χ1) is 10.4. The fraction of sp³-hybridized carbons (Fsp3) is 0.750. The summed E-state index contributed by atoms with van der Waals surface area (Å²) in [5.41, 5.74) is 1.02.